The lowest BCUT2D eigenvalue weighted by molar-refractivity contribution is -0.143. The van der Waals surface area contributed by atoms with Gasteiger partial charge in [0.15, 0.2) is 0 Å². The van der Waals surface area contributed by atoms with E-state index >= 15 is 0 Å². The molecule has 2 N–H and O–H groups in total. The van der Waals surface area contributed by atoms with Gasteiger partial charge in [-0.25, -0.2) is 9.59 Å². The summed E-state index contributed by atoms with van der Waals surface area (Å²) >= 11 is 0. The van der Waals surface area contributed by atoms with Crippen LogP contribution in [0, 0.1) is 5.92 Å². The number of benzene rings is 2. The second-order valence-electron chi connectivity index (χ2n) is 10.6. The maximum absolute atomic E-state index is 13.5. The van der Waals surface area contributed by atoms with Crippen molar-refractivity contribution < 1.29 is 40.7 Å². The van der Waals surface area contributed by atoms with Crippen LogP contribution in [-0.4, -0.2) is 29.7 Å². The molecule has 0 radical (unpaired) electrons. The van der Waals surface area contributed by atoms with Gasteiger partial charge >= 0.3 is 24.5 Å². The Balaban J connectivity index is 1.61. The van der Waals surface area contributed by atoms with E-state index in [1.807, 2.05) is 12.1 Å². The highest BCUT2D eigenvalue weighted by Gasteiger charge is 2.47. The van der Waals surface area contributed by atoms with Crippen molar-refractivity contribution in [3.05, 3.63) is 63.7 Å². The number of fused-ring (bicyclic) bond motifs is 2. The van der Waals surface area contributed by atoms with E-state index in [4.69, 9.17) is 10.5 Å². The van der Waals surface area contributed by atoms with Gasteiger partial charge in [-0.2, -0.15) is 26.3 Å². The molecule has 1 saturated carbocycles. The van der Waals surface area contributed by atoms with Gasteiger partial charge in [0.25, 0.3) is 0 Å². The van der Waals surface area contributed by atoms with Crippen LogP contribution in [0.25, 0.3) is 0 Å². The normalized spacial score (nSPS) is 20.6. The van der Waals surface area contributed by atoms with Crippen molar-refractivity contribution >= 4 is 17.8 Å². The molecule has 1 heterocycles. The maximum atomic E-state index is 13.5. The number of nitrogens with two attached hydrogens (primary N) is 1. The fourth-order valence-electron chi connectivity index (χ4n) is 6.00. The zero-order valence-electron chi connectivity index (χ0n) is 21.7. The smallest absolute Gasteiger partial charge is 0.416 e. The molecule has 40 heavy (non-hydrogen) atoms. The summed E-state index contributed by atoms with van der Waals surface area (Å²) in [6.45, 7) is 1.28. The summed E-state index contributed by atoms with van der Waals surface area (Å²) in [5, 5.41) is 0. The van der Waals surface area contributed by atoms with Gasteiger partial charge in [-0.1, -0.05) is 6.07 Å². The Hall–Kier alpha value is -3.44. The number of carbonyl (C=O) groups is 2. The van der Waals surface area contributed by atoms with Crippen LogP contribution < -0.4 is 10.6 Å². The molecule has 2 aromatic carbocycles. The maximum Gasteiger partial charge on any atom is 0.416 e. The summed E-state index contributed by atoms with van der Waals surface area (Å²) < 4.78 is 86.5. The number of halogens is 6. The number of carbonyl (C=O) groups excluding carboxylic acids is 2. The average Bonchev–Trinajstić information content (AvgIpc) is 3.61. The van der Waals surface area contributed by atoms with Gasteiger partial charge in [0.05, 0.1) is 29.5 Å². The number of aryl methyl sites for hydroxylation is 2. The molecular weight excluding hydrogens is 540 g/mol. The van der Waals surface area contributed by atoms with Crippen LogP contribution in [0.3, 0.4) is 0 Å². The van der Waals surface area contributed by atoms with Gasteiger partial charge in [-0.05, 0) is 97.9 Å². The Bertz CT molecular complexity index is 1290. The number of anilines is 1. The van der Waals surface area contributed by atoms with E-state index in [1.165, 1.54) is 0 Å². The first-order valence-corrected chi connectivity index (χ1v) is 13.2. The topological polar surface area (TPSA) is 75.9 Å². The van der Waals surface area contributed by atoms with Crippen molar-refractivity contribution in [1.82, 2.24) is 4.90 Å². The summed E-state index contributed by atoms with van der Waals surface area (Å²) in [4.78, 5) is 28.7. The second kappa shape index (κ2) is 10.2. The fraction of sp³-hybridized carbons (Fsp3) is 0.500. The van der Waals surface area contributed by atoms with Gasteiger partial charge in [-0.15, -0.1) is 0 Å². The molecule has 0 saturated heterocycles. The standard InChI is InChI=1S/C28H29F6N3O3/c1-2-40-26(39)37-22(16-6-7-16)13-23(21-10-17-4-3-5-18(17)11-24(21)37)36(25(35)38)14-15-8-19(27(29,30)31)12-20(9-15)28(32,33)34/h8-12,16,22-23H,2-7,13-14H2,1H3,(H2,35,38)/t22-,23-/m1/s1. The van der Waals surface area contributed by atoms with Crippen LogP contribution in [-0.2, 0) is 36.5 Å². The van der Waals surface area contributed by atoms with Gasteiger partial charge < -0.3 is 15.4 Å². The number of hydrogen-bond acceptors (Lipinski definition) is 3. The molecule has 216 valence electrons. The number of alkyl halides is 6. The van der Waals surface area contributed by atoms with E-state index in [2.05, 4.69) is 0 Å². The van der Waals surface area contributed by atoms with Gasteiger partial charge in [0.2, 0.25) is 0 Å². The Morgan fingerprint density at radius 3 is 2.10 bits per heavy atom. The first-order chi connectivity index (χ1) is 18.8. The molecule has 2 aliphatic carbocycles. The molecule has 6 nitrogen and oxygen atoms in total. The van der Waals surface area contributed by atoms with Crippen molar-refractivity contribution in [3.8, 4) is 0 Å². The molecular formula is C28H29F6N3O3. The number of hydrogen-bond donors (Lipinski definition) is 1. The highest BCUT2D eigenvalue weighted by molar-refractivity contribution is 5.91. The first-order valence-electron chi connectivity index (χ1n) is 13.2. The van der Waals surface area contributed by atoms with Crippen LogP contribution in [0.2, 0.25) is 0 Å². The average molecular weight is 570 g/mol. The van der Waals surface area contributed by atoms with Crippen LogP contribution in [0.4, 0.5) is 41.6 Å². The zero-order chi connectivity index (χ0) is 29.0. The van der Waals surface area contributed by atoms with E-state index < -0.39 is 48.2 Å². The molecule has 2 aromatic rings. The third-order valence-corrected chi connectivity index (χ3v) is 7.95. The van der Waals surface area contributed by atoms with E-state index in [0.717, 1.165) is 48.1 Å². The molecule has 3 aliphatic rings. The van der Waals surface area contributed by atoms with E-state index in [-0.39, 0.29) is 36.6 Å². The van der Waals surface area contributed by atoms with Gasteiger partial charge in [-0.3, -0.25) is 4.90 Å². The predicted octanol–water partition coefficient (Wildman–Crippen LogP) is 6.98. The summed E-state index contributed by atoms with van der Waals surface area (Å²) in [5.41, 5.74) is 5.67. The minimum atomic E-state index is -5.03. The van der Waals surface area contributed by atoms with Crippen molar-refractivity contribution in [2.75, 3.05) is 11.5 Å². The number of primary amides is 1. The quantitative estimate of drug-likeness (QED) is 0.395. The molecule has 0 aromatic heterocycles. The van der Waals surface area contributed by atoms with Crippen molar-refractivity contribution in [2.45, 2.75) is 76.4 Å². The minimum absolute atomic E-state index is 0.0532. The number of rotatable bonds is 5. The predicted molar refractivity (Wildman–Crippen MR) is 133 cm³/mol. The number of amides is 3. The number of urea groups is 1. The molecule has 1 aliphatic heterocycles. The minimum Gasteiger partial charge on any atom is -0.449 e. The fourth-order valence-corrected chi connectivity index (χ4v) is 6.00. The lowest BCUT2D eigenvalue weighted by atomic mass is 9.86. The Kier molecular flexibility index (Phi) is 7.16. The lowest BCUT2D eigenvalue weighted by Gasteiger charge is -2.44. The Morgan fingerprint density at radius 1 is 0.975 bits per heavy atom. The SMILES string of the molecule is CCOC(=O)N1c2cc3c(cc2[C@H](N(Cc2cc(C(F)(F)F)cc(C(F)(F)F)c2)C(N)=O)C[C@@H]1C1CC1)CCC3. The van der Waals surface area contributed by atoms with Crippen LogP contribution in [0.15, 0.2) is 30.3 Å². The number of nitrogens with zero attached hydrogens (tertiary/aromatic N) is 2. The largest absolute Gasteiger partial charge is 0.449 e. The molecule has 2 atom stereocenters. The first kappa shape index (κ1) is 28.1. The second-order valence-corrected chi connectivity index (χ2v) is 10.6. The zero-order valence-corrected chi connectivity index (χ0v) is 21.7. The Labute approximate surface area is 227 Å². The van der Waals surface area contributed by atoms with E-state index in [0.29, 0.717) is 23.4 Å². The summed E-state index contributed by atoms with van der Waals surface area (Å²) in [5.74, 6) is 0.119. The summed E-state index contributed by atoms with van der Waals surface area (Å²) in [7, 11) is 0. The molecule has 5 rings (SSSR count). The molecule has 0 bridgehead atoms. The summed E-state index contributed by atoms with van der Waals surface area (Å²) in [6.07, 6.45) is -6.19. The van der Waals surface area contributed by atoms with Crippen molar-refractivity contribution in [2.24, 2.45) is 11.7 Å². The third kappa shape index (κ3) is 5.44. The van der Waals surface area contributed by atoms with Crippen molar-refractivity contribution in [1.29, 1.82) is 0 Å². The van der Waals surface area contributed by atoms with Crippen LogP contribution in [0.1, 0.15) is 72.0 Å². The van der Waals surface area contributed by atoms with Crippen LogP contribution >= 0.6 is 0 Å². The molecule has 0 unspecified atom stereocenters. The molecule has 12 heteroatoms. The van der Waals surface area contributed by atoms with E-state index in [9.17, 15) is 35.9 Å². The molecule has 0 spiro atoms. The van der Waals surface area contributed by atoms with Gasteiger partial charge in [0.1, 0.15) is 0 Å². The van der Waals surface area contributed by atoms with Crippen LogP contribution in [0.5, 0.6) is 0 Å². The highest BCUT2D eigenvalue weighted by atomic mass is 19.4. The van der Waals surface area contributed by atoms with Gasteiger partial charge in [0, 0.05) is 12.6 Å². The highest BCUT2D eigenvalue weighted by Crippen LogP contribution is 2.50. The third-order valence-electron chi connectivity index (χ3n) is 7.95. The van der Waals surface area contributed by atoms with E-state index in [1.54, 1.807) is 11.8 Å². The van der Waals surface area contributed by atoms with Crippen molar-refractivity contribution in [3.63, 3.8) is 0 Å². The monoisotopic (exact) mass is 569 g/mol. The lowest BCUT2D eigenvalue weighted by Crippen LogP contribution is -2.50. The summed E-state index contributed by atoms with van der Waals surface area (Å²) in [6, 6.07) is 2.95. The molecule has 3 amide bonds. The number of ether oxygens (including phenoxy) is 1. The molecule has 1 fully saturated rings. The Morgan fingerprint density at radius 2 is 1.57 bits per heavy atom.